The number of carbonyl (C=O) groups excluding carboxylic acids is 1. The van der Waals surface area contributed by atoms with Gasteiger partial charge in [-0.2, -0.15) is 5.26 Å². The SMILES string of the molecule is COc1cc(/C=C2\C(=O)Nc3ccccc32)cc(Cl)c1OCc1ccccc1C#N. The first-order valence-electron chi connectivity index (χ1n) is 9.21. The van der Waals surface area contributed by atoms with E-state index in [-0.39, 0.29) is 12.5 Å². The van der Waals surface area contributed by atoms with Crippen LogP contribution in [0.1, 0.15) is 22.3 Å². The summed E-state index contributed by atoms with van der Waals surface area (Å²) in [6, 6.07) is 20.3. The van der Waals surface area contributed by atoms with Crippen molar-refractivity contribution in [2.24, 2.45) is 0 Å². The van der Waals surface area contributed by atoms with Gasteiger partial charge in [0.15, 0.2) is 11.5 Å². The lowest BCUT2D eigenvalue weighted by Gasteiger charge is -2.14. The van der Waals surface area contributed by atoms with E-state index in [1.165, 1.54) is 7.11 Å². The Morgan fingerprint density at radius 1 is 1.13 bits per heavy atom. The maximum absolute atomic E-state index is 12.4. The van der Waals surface area contributed by atoms with Crippen LogP contribution in [-0.4, -0.2) is 13.0 Å². The lowest BCUT2D eigenvalue weighted by atomic mass is 10.0. The fourth-order valence-corrected chi connectivity index (χ4v) is 3.59. The molecule has 1 aliphatic rings. The number of nitriles is 1. The minimum atomic E-state index is -0.167. The maximum Gasteiger partial charge on any atom is 0.256 e. The number of rotatable bonds is 5. The van der Waals surface area contributed by atoms with E-state index in [2.05, 4.69) is 11.4 Å². The minimum Gasteiger partial charge on any atom is -0.493 e. The summed E-state index contributed by atoms with van der Waals surface area (Å²) < 4.78 is 11.4. The molecule has 6 heteroatoms. The lowest BCUT2D eigenvalue weighted by molar-refractivity contribution is -0.110. The molecule has 0 aromatic heterocycles. The second kappa shape index (κ2) is 8.32. The van der Waals surface area contributed by atoms with Gasteiger partial charge >= 0.3 is 0 Å². The smallest absolute Gasteiger partial charge is 0.256 e. The molecule has 3 aromatic rings. The zero-order valence-electron chi connectivity index (χ0n) is 16.1. The number of fused-ring (bicyclic) bond motifs is 1. The molecule has 0 aliphatic carbocycles. The van der Waals surface area contributed by atoms with Gasteiger partial charge in [-0.25, -0.2) is 0 Å². The molecule has 0 unspecified atom stereocenters. The summed E-state index contributed by atoms with van der Waals surface area (Å²) in [5.74, 6) is 0.653. The summed E-state index contributed by atoms with van der Waals surface area (Å²) in [4.78, 5) is 12.4. The van der Waals surface area contributed by atoms with Gasteiger partial charge in [-0.3, -0.25) is 4.79 Å². The minimum absolute atomic E-state index is 0.167. The molecular formula is C24H17ClN2O3. The topological polar surface area (TPSA) is 71.3 Å². The maximum atomic E-state index is 12.4. The molecule has 0 saturated carbocycles. The molecule has 0 saturated heterocycles. The summed E-state index contributed by atoms with van der Waals surface area (Å²) in [7, 11) is 1.52. The Morgan fingerprint density at radius 3 is 2.70 bits per heavy atom. The van der Waals surface area contributed by atoms with Gasteiger partial charge < -0.3 is 14.8 Å². The van der Waals surface area contributed by atoms with Gasteiger partial charge in [-0.15, -0.1) is 0 Å². The van der Waals surface area contributed by atoms with E-state index in [0.29, 0.717) is 33.2 Å². The number of hydrogen-bond donors (Lipinski definition) is 1. The Kier molecular flexibility index (Phi) is 5.42. The molecule has 5 nitrogen and oxygen atoms in total. The normalized spacial score (nSPS) is 13.5. The van der Waals surface area contributed by atoms with Crippen LogP contribution in [0, 0.1) is 11.3 Å². The fourth-order valence-electron chi connectivity index (χ4n) is 3.32. The molecular weight excluding hydrogens is 400 g/mol. The highest BCUT2D eigenvalue weighted by Crippen LogP contribution is 2.39. The first-order chi connectivity index (χ1) is 14.6. The van der Waals surface area contributed by atoms with E-state index in [9.17, 15) is 10.1 Å². The molecule has 0 radical (unpaired) electrons. The van der Waals surface area contributed by atoms with Crippen LogP contribution >= 0.6 is 11.6 Å². The van der Waals surface area contributed by atoms with Crippen LogP contribution in [-0.2, 0) is 11.4 Å². The van der Waals surface area contributed by atoms with Gasteiger partial charge in [0.25, 0.3) is 5.91 Å². The number of anilines is 1. The zero-order chi connectivity index (χ0) is 21.1. The van der Waals surface area contributed by atoms with Crippen molar-refractivity contribution in [1.29, 1.82) is 5.26 Å². The molecule has 3 aromatic carbocycles. The molecule has 1 N–H and O–H groups in total. The van der Waals surface area contributed by atoms with Crippen molar-refractivity contribution in [3.8, 4) is 17.6 Å². The van der Waals surface area contributed by atoms with Crippen LogP contribution in [0.3, 0.4) is 0 Å². The molecule has 0 fully saturated rings. The number of carbonyl (C=O) groups is 1. The van der Waals surface area contributed by atoms with Crippen molar-refractivity contribution in [1.82, 2.24) is 0 Å². The second-order valence-corrected chi connectivity index (χ2v) is 7.06. The summed E-state index contributed by atoms with van der Waals surface area (Å²) in [5, 5.41) is 12.4. The number of methoxy groups -OCH3 is 1. The van der Waals surface area contributed by atoms with Gasteiger partial charge in [0.2, 0.25) is 0 Å². The lowest BCUT2D eigenvalue weighted by Crippen LogP contribution is -2.03. The average Bonchev–Trinajstić information content (AvgIpc) is 3.08. The number of benzene rings is 3. The number of para-hydroxylation sites is 1. The van der Waals surface area contributed by atoms with Gasteiger partial charge in [0.1, 0.15) is 6.61 Å². The molecule has 0 spiro atoms. The van der Waals surface area contributed by atoms with E-state index >= 15 is 0 Å². The van der Waals surface area contributed by atoms with E-state index < -0.39 is 0 Å². The van der Waals surface area contributed by atoms with Crippen LogP contribution in [0.5, 0.6) is 11.5 Å². The quantitative estimate of drug-likeness (QED) is 0.573. The number of hydrogen-bond acceptors (Lipinski definition) is 4. The third-order valence-corrected chi connectivity index (χ3v) is 5.06. The molecule has 1 heterocycles. The number of ether oxygens (including phenoxy) is 2. The standard InChI is InChI=1S/C24H17ClN2O3/c1-29-22-12-15(10-19-18-8-4-5-9-21(18)27-24(19)28)11-20(25)23(22)30-14-17-7-3-2-6-16(17)13-26/h2-12H,14H2,1H3,(H,27,28)/b19-10-. The van der Waals surface area contributed by atoms with Crippen molar-refractivity contribution < 1.29 is 14.3 Å². The van der Waals surface area contributed by atoms with Crippen molar-refractivity contribution in [3.05, 3.63) is 87.9 Å². The molecule has 30 heavy (non-hydrogen) atoms. The molecule has 1 aliphatic heterocycles. The highest BCUT2D eigenvalue weighted by Gasteiger charge is 2.23. The second-order valence-electron chi connectivity index (χ2n) is 6.65. The summed E-state index contributed by atoms with van der Waals surface area (Å²) >= 11 is 6.48. The highest BCUT2D eigenvalue weighted by atomic mass is 35.5. The largest absolute Gasteiger partial charge is 0.493 e. The number of amides is 1. The van der Waals surface area contributed by atoms with Gasteiger partial charge in [0, 0.05) is 22.4 Å². The van der Waals surface area contributed by atoms with Gasteiger partial charge in [-0.05, 0) is 35.9 Å². The number of halogens is 1. The Morgan fingerprint density at radius 2 is 1.90 bits per heavy atom. The monoisotopic (exact) mass is 416 g/mol. The first-order valence-corrected chi connectivity index (χ1v) is 9.59. The van der Waals surface area contributed by atoms with Crippen LogP contribution in [0.4, 0.5) is 5.69 Å². The zero-order valence-corrected chi connectivity index (χ0v) is 16.9. The Bertz CT molecular complexity index is 1210. The van der Waals surface area contributed by atoms with E-state index in [1.807, 2.05) is 36.4 Å². The summed E-state index contributed by atoms with van der Waals surface area (Å²) in [6.45, 7) is 0.177. The molecule has 1 amide bonds. The molecule has 148 valence electrons. The third kappa shape index (κ3) is 3.73. The van der Waals surface area contributed by atoms with Crippen LogP contribution < -0.4 is 14.8 Å². The average molecular weight is 417 g/mol. The fraction of sp³-hybridized carbons (Fsp3) is 0.0833. The molecule has 0 bridgehead atoms. The predicted molar refractivity (Wildman–Crippen MR) is 116 cm³/mol. The van der Waals surface area contributed by atoms with Crippen LogP contribution in [0.2, 0.25) is 5.02 Å². The molecule has 0 atom stereocenters. The van der Waals surface area contributed by atoms with E-state index in [4.69, 9.17) is 21.1 Å². The molecule has 4 rings (SSSR count). The summed E-state index contributed by atoms with van der Waals surface area (Å²) in [6.07, 6.45) is 1.77. The van der Waals surface area contributed by atoms with Crippen LogP contribution in [0.15, 0.2) is 60.7 Å². The highest BCUT2D eigenvalue weighted by molar-refractivity contribution is 6.35. The predicted octanol–water partition coefficient (Wildman–Crippen LogP) is 5.29. The number of nitrogens with one attached hydrogen (secondary N) is 1. The van der Waals surface area contributed by atoms with Gasteiger partial charge in [-0.1, -0.05) is 48.0 Å². The van der Waals surface area contributed by atoms with Crippen molar-refractivity contribution in [2.75, 3.05) is 12.4 Å². The van der Waals surface area contributed by atoms with Gasteiger partial charge in [0.05, 0.1) is 23.8 Å². The Hall–Kier alpha value is -3.75. The van der Waals surface area contributed by atoms with E-state index in [1.54, 1.807) is 30.3 Å². The van der Waals surface area contributed by atoms with Crippen molar-refractivity contribution >= 4 is 34.8 Å². The van der Waals surface area contributed by atoms with Crippen molar-refractivity contribution in [3.63, 3.8) is 0 Å². The first kappa shape index (κ1) is 19.6. The van der Waals surface area contributed by atoms with E-state index in [0.717, 1.165) is 16.8 Å². The number of nitrogens with zero attached hydrogens (tertiary/aromatic N) is 1. The third-order valence-electron chi connectivity index (χ3n) is 4.78. The Labute approximate surface area is 179 Å². The van der Waals surface area contributed by atoms with Crippen LogP contribution in [0.25, 0.3) is 11.6 Å². The summed E-state index contributed by atoms with van der Waals surface area (Å²) in [5.41, 5.74) is 4.18. The van der Waals surface area contributed by atoms with Crippen molar-refractivity contribution in [2.45, 2.75) is 6.61 Å². The Balaban J connectivity index is 1.65.